The van der Waals surface area contributed by atoms with Crippen LogP contribution in [0.4, 0.5) is 23.1 Å². The first-order valence-electron chi connectivity index (χ1n) is 7.82. The van der Waals surface area contributed by atoms with Crippen molar-refractivity contribution in [2.75, 3.05) is 42.1 Å². The van der Waals surface area contributed by atoms with Gasteiger partial charge in [0.2, 0.25) is 5.95 Å². The largest absolute Gasteiger partial charge is 0.398 e. The van der Waals surface area contributed by atoms with Crippen LogP contribution in [-0.2, 0) is 0 Å². The maximum Gasteiger partial charge on any atom is 0.227 e. The first-order chi connectivity index (χ1) is 11.7. The van der Waals surface area contributed by atoms with Crippen LogP contribution in [0.5, 0.6) is 0 Å². The highest BCUT2D eigenvalue weighted by Gasteiger charge is 2.14. The molecule has 0 amide bonds. The molecule has 1 aromatic carbocycles. The Morgan fingerprint density at radius 2 is 2.21 bits per heavy atom. The molecule has 3 rings (SSSR count). The Bertz CT molecular complexity index is 726. The monoisotopic (exact) mass is 345 g/mol. The van der Waals surface area contributed by atoms with Crippen LogP contribution < -0.4 is 21.3 Å². The minimum atomic E-state index is 0.444. The van der Waals surface area contributed by atoms with Gasteiger partial charge in [-0.1, -0.05) is 11.6 Å². The number of rotatable bonds is 4. The third-order valence-electron chi connectivity index (χ3n) is 3.86. The zero-order valence-corrected chi connectivity index (χ0v) is 14.0. The van der Waals surface area contributed by atoms with Gasteiger partial charge in [-0.3, -0.25) is 0 Å². The van der Waals surface area contributed by atoms with Crippen LogP contribution in [0.2, 0.25) is 5.02 Å². The number of anilines is 4. The fourth-order valence-corrected chi connectivity index (χ4v) is 2.70. The summed E-state index contributed by atoms with van der Waals surface area (Å²) in [4.78, 5) is 11.1. The van der Waals surface area contributed by atoms with Crippen molar-refractivity contribution in [3.8, 4) is 0 Å². The number of aromatic nitrogens is 2. The molecule has 1 saturated heterocycles. The van der Waals surface area contributed by atoms with Gasteiger partial charge in [0.25, 0.3) is 0 Å². The molecule has 5 N–H and O–H groups in total. The zero-order valence-electron chi connectivity index (χ0n) is 13.2. The summed E-state index contributed by atoms with van der Waals surface area (Å²) in [6.07, 6.45) is 3.88. The molecule has 1 aliphatic heterocycles. The van der Waals surface area contributed by atoms with E-state index in [-0.39, 0.29) is 0 Å². The summed E-state index contributed by atoms with van der Waals surface area (Å²) in [5, 5.41) is 14.4. The summed E-state index contributed by atoms with van der Waals surface area (Å²) in [7, 11) is 0. The van der Waals surface area contributed by atoms with E-state index < -0.39 is 0 Å². The number of hydrogen-bond acceptors (Lipinski definition) is 7. The average Bonchev–Trinajstić information content (AvgIpc) is 2.88. The van der Waals surface area contributed by atoms with E-state index in [9.17, 15) is 0 Å². The standard InChI is InChI=1S/C16H20ClN7/c17-13-10-21-16(24-6-1-4-20-5-7-24)23-15(13)22-12-2-3-14(19)11(8-12)9-18/h2-3,8-10,18,20H,1,4-7,19H2,(H,21,22,23). The molecule has 8 heteroatoms. The molecule has 2 aromatic rings. The van der Waals surface area contributed by atoms with E-state index in [1.165, 1.54) is 6.21 Å². The van der Waals surface area contributed by atoms with E-state index in [0.717, 1.165) is 38.3 Å². The summed E-state index contributed by atoms with van der Waals surface area (Å²) in [6.45, 7) is 3.69. The van der Waals surface area contributed by atoms with Crippen molar-refractivity contribution in [3.63, 3.8) is 0 Å². The van der Waals surface area contributed by atoms with Crippen LogP contribution >= 0.6 is 11.6 Å². The van der Waals surface area contributed by atoms with Crippen molar-refractivity contribution < 1.29 is 0 Å². The topological polar surface area (TPSA) is 103 Å². The van der Waals surface area contributed by atoms with E-state index in [2.05, 4.69) is 25.5 Å². The second-order valence-electron chi connectivity index (χ2n) is 5.57. The van der Waals surface area contributed by atoms with Crippen LogP contribution in [-0.4, -0.2) is 42.4 Å². The number of nitrogens with two attached hydrogens (primary N) is 1. The lowest BCUT2D eigenvalue weighted by Gasteiger charge is -2.20. The van der Waals surface area contributed by atoms with Gasteiger partial charge < -0.3 is 26.7 Å². The summed E-state index contributed by atoms with van der Waals surface area (Å²) < 4.78 is 0. The molecule has 0 atom stereocenters. The number of benzene rings is 1. The summed E-state index contributed by atoms with van der Waals surface area (Å²) in [5.74, 6) is 1.20. The fraction of sp³-hybridized carbons (Fsp3) is 0.312. The SMILES string of the molecule is N=Cc1cc(Nc2nc(N3CCCNCC3)ncc2Cl)ccc1N. The third kappa shape index (κ3) is 3.74. The predicted molar refractivity (Wildman–Crippen MR) is 98.8 cm³/mol. The van der Waals surface area contributed by atoms with Gasteiger partial charge in [-0.05, 0) is 31.2 Å². The normalized spacial score (nSPS) is 15.0. The quantitative estimate of drug-likeness (QED) is 0.500. The average molecular weight is 346 g/mol. The Morgan fingerprint density at radius 3 is 3.04 bits per heavy atom. The molecule has 126 valence electrons. The highest BCUT2D eigenvalue weighted by Crippen LogP contribution is 2.26. The molecule has 1 aliphatic rings. The zero-order chi connectivity index (χ0) is 16.9. The number of nitrogen functional groups attached to an aromatic ring is 1. The van der Waals surface area contributed by atoms with E-state index in [4.69, 9.17) is 22.7 Å². The molecule has 24 heavy (non-hydrogen) atoms. The molecule has 0 spiro atoms. The van der Waals surface area contributed by atoms with Gasteiger partial charge in [0.15, 0.2) is 5.82 Å². The Hall–Kier alpha value is -2.38. The lowest BCUT2D eigenvalue weighted by atomic mass is 10.2. The molecular formula is C16H20ClN7. The maximum atomic E-state index is 7.39. The number of hydrogen-bond donors (Lipinski definition) is 4. The molecule has 0 radical (unpaired) electrons. The first kappa shape index (κ1) is 16.5. The molecule has 0 bridgehead atoms. The van der Waals surface area contributed by atoms with Crippen molar-refractivity contribution >= 4 is 41.0 Å². The smallest absolute Gasteiger partial charge is 0.227 e. The molecule has 1 fully saturated rings. The van der Waals surface area contributed by atoms with Gasteiger partial charge in [-0.15, -0.1) is 0 Å². The minimum Gasteiger partial charge on any atom is -0.398 e. The van der Waals surface area contributed by atoms with Crippen molar-refractivity contribution in [2.24, 2.45) is 0 Å². The van der Waals surface area contributed by atoms with Gasteiger partial charge in [-0.2, -0.15) is 4.98 Å². The lowest BCUT2D eigenvalue weighted by Crippen LogP contribution is -2.29. The summed E-state index contributed by atoms with van der Waals surface area (Å²) >= 11 is 6.23. The predicted octanol–water partition coefficient (Wildman–Crippen LogP) is 2.25. The van der Waals surface area contributed by atoms with E-state index >= 15 is 0 Å². The van der Waals surface area contributed by atoms with Gasteiger partial charge >= 0.3 is 0 Å². The Labute approximate surface area is 145 Å². The first-order valence-corrected chi connectivity index (χ1v) is 8.20. The van der Waals surface area contributed by atoms with Gasteiger partial charge in [-0.25, -0.2) is 4.98 Å². The van der Waals surface area contributed by atoms with Gasteiger partial charge in [0.1, 0.15) is 5.02 Å². The molecular weight excluding hydrogens is 326 g/mol. The molecule has 0 aliphatic carbocycles. The van der Waals surface area contributed by atoms with Crippen LogP contribution in [0.1, 0.15) is 12.0 Å². The molecule has 0 unspecified atom stereocenters. The maximum absolute atomic E-state index is 7.39. The van der Waals surface area contributed by atoms with Crippen molar-refractivity contribution in [2.45, 2.75) is 6.42 Å². The molecule has 0 saturated carbocycles. The van der Waals surface area contributed by atoms with Gasteiger partial charge in [0.05, 0.1) is 6.20 Å². The van der Waals surface area contributed by atoms with Crippen LogP contribution in [0.15, 0.2) is 24.4 Å². The third-order valence-corrected chi connectivity index (χ3v) is 4.14. The second kappa shape index (κ2) is 7.46. The van der Waals surface area contributed by atoms with E-state index in [1.807, 2.05) is 6.07 Å². The summed E-state index contributed by atoms with van der Waals surface area (Å²) in [5.41, 5.74) is 7.79. The van der Waals surface area contributed by atoms with E-state index in [1.54, 1.807) is 18.3 Å². The van der Waals surface area contributed by atoms with Gasteiger partial charge in [0, 0.05) is 42.8 Å². The summed E-state index contributed by atoms with van der Waals surface area (Å²) in [6, 6.07) is 5.37. The number of halogens is 1. The molecule has 7 nitrogen and oxygen atoms in total. The molecule has 1 aromatic heterocycles. The van der Waals surface area contributed by atoms with E-state index in [0.29, 0.717) is 28.0 Å². The van der Waals surface area contributed by atoms with Crippen molar-refractivity contribution in [3.05, 3.63) is 35.0 Å². The minimum absolute atomic E-state index is 0.444. The van der Waals surface area contributed by atoms with Crippen LogP contribution in [0.3, 0.4) is 0 Å². The Morgan fingerprint density at radius 1 is 1.33 bits per heavy atom. The highest BCUT2D eigenvalue weighted by molar-refractivity contribution is 6.32. The Kier molecular flexibility index (Phi) is 5.12. The van der Waals surface area contributed by atoms with Crippen LogP contribution in [0.25, 0.3) is 0 Å². The Balaban J connectivity index is 1.84. The second-order valence-corrected chi connectivity index (χ2v) is 5.98. The molecule has 2 heterocycles. The number of nitrogens with one attached hydrogen (secondary N) is 3. The lowest BCUT2D eigenvalue weighted by molar-refractivity contribution is 0.724. The highest BCUT2D eigenvalue weighted by atomic mass is 35.5. The van der Waals surface area contributed by atoms with Crippen molar-refractivity contribution in [1.82, 2.24) is 15.3 Å². The number of nitrogens with zero attached hydrogens (tertiary/aromatic N) is 3. The van der Waals surface area contributed by atoms with Crippen LogP contribution in [0, 0.1) is 5.41 Å². The fourth-order valence-electron chi connectivity index (χ4n) is 2.56. The van der Waals surface area contributed by atoms with Crippen molar-refractivity contribution in [1.29, 1.82) is 5.41 Å².